The molecule has 106 valence electrons. The fraction of sp³-hybridized carbons (Fsp3) is 0.267. The molecule has 0 spiro atoms. The van der Waals surface area contributed by atoms with Crippen LogP contribution in [0.15, 0.2) is 35.7 Å². The average molecular weight is 292 g/mol. The van der Waals surface area contributed by atoms with Gasteiger partial charge in [-0.3, -0.25) is 4.89 Å². The molecule has 2 aromatic rings. The van der Waals surface area contributed by atoms with Crippen molar-refractivity contribution in [3.05, 3.63) is 41.3 Å². The van der Waals surface area contributed by atoms with Crippen molar-refractivity contribution in [1.29, 1.82) is 0 Å². The number of aryl methyl sites for hydroxylation is 1. The quantitative estimate of drug-likeness (QED) is 0.686. The molecule has 5 heteroatoms. The van der Waals surface area contributed by atoms with E-state index in [9.17, 15) is 4.79 Å². The molecule has 0 atom stereocenters. The molecular formula is C15H16O4S. The molecule has 20 heavy (non-hydrogen) atoms. The third-order valence-electron chi connectivity index (χ3n) is 2.93. The summed E-state index contributed by atoms with van der Waals surface area (Å²) in [6.45, 7) is 5.06. The highest BCUT2D eigenvalue weighted by molar-refractivity contribution is 7.13. The maximum atomic E-state index is 11.4. The van der Waals surface area contributed by atoms with Crippen LogP contribution >= 0.6 is 11.3 Å². The van der Waals surface area contributed by atoms with Gasteiger partial charge >= 0.3 is 5.97 Å². The van der Waals surface area contributed by atoms with E-state index in [1.54, 1.807) is 17.4 Å². The van der Waals surface area contributed by atoms with Crippen LogP contribution in [0.3, 0.4) is 0 Å². The van der Waals surface area contributed by atoms with E-state index >= 15 is 0 Å². The number of benzene rings is 1. The van der Waals surface area contributed by atoms with E-state index < -0.39 is 11.6 Å². The molecule has 0 unspecified atom stereocenters. The Balaban J connectivity index is 2.24. The Bertz CT molecular complexity index is 602. The second kappa shape index (κ2) is 5.64. The molecule has 0 bridgehead atoms. The molecule has 2 rings (SSSR count). The Kier molecular flexibility index (Phi) is 4.11. The minimum Gasteiger partial charge on any atom is -0.476 e. The van der Waals surface area contributed by atoms with Crippen molar-refractivity contribution in [3.63, 3.8) is 0 Å². The summed E-state index contributed by atoms with van der Waals surface area (Å²) in [4.78, 5) is 16.3. The van der Waals surface area contributed by atoms with Crippen molar-refractivity contribution < 1.29 is 19.7 Å². The lowest BCUT2D eigenvalue weighted by Gasteiger charge is -2.22. The Morgan fingerprint density at radius 1 is 1.30 bits per heavy atom. The molecule has 0 saturated heterocycles. The van der Waals surface area contributed by atoms with Crippen molar-refractivity contribution in [1.82, 2.24) is 0 Å². The first-order valence-corrected chi connectivity index (χ1v) is 7.01. The second-order valence-electron chi connectivity index (χ2n) is 4.95. The smallest absolute Gasteiger partial charge is 0.384 e. The van der Waals surface area contributed by atoms with Gasteiger partial charge in [0.25, 0.3) is 0 Å². The van der Waals surface area contributed by atoms with Crippen LogP contribution < -0.4 is 4.74 Å². The van der Waals surface area contributed by atoms with E-state index in [0.717, 1.165) is 11.1 Å². The first kappa shape index (κ1) is 14.6. The predicted octanol–water partition coefficient (Wildman–Crippen LogP) is 3.90. The van der Waals surface area contributed by atoms with Crippen molar-refractivity contribution >= 4 is 17.3 Å². The van der Waals surface area contributed by atoms with Crippen molar-refractivity contribution in [2.75, 3.05) is 0 Å². The lowest BCUT2D eigenvalue weighted by Crippen LogP contribution is -2.39. The second-order valence-corrected chi connectivity index (χ2v) is 5.89. The zero-order valence-corrected chi connectivity index (χ0v) is 12.4. The van der Waals surface area contributed by atoms with Crippen LogP contribution in [-0.2, 0) is 9.68 Å². The average Bonchev–Trinajstić information content (AvgIpc) is 2.91. The van der Waals surface area contributed by atoms with Gasteiger partial charge < -0.3 is 4.74 Å². The molecule has 0 amide bonds. The van der Waals surface area contributed by atoms with Gasteiger partial charge in [-0.2, -0.15) is 5.26 Å². The monoisotopic (exact) mass is 292 g/mol. The van der Waals surface area contributed by atoms with Crippen LogP contribution in [-0.4, -0.2) is 16.8 Å². The molecule has 0 radical (unpaired) electrons. The summed E-state index contributed by atoms with van der Waals surface area (Å²) >= 11 is 1.67. The van der Waals surface area contributed by atoms with Gasteiger partial charge in [-0.05, 0) is 61.5 Å². The van der Waals surface area contributed by atoms with Gasteiger partial charge in [-0.25, -0.2) is 4.79 Å². The minimum absolute atomic E-state index is 0.554. The molecule has 1 aromatic carbocycles. The van der Waals surface area contributed by atoms with Gasteiger partial charge in [0.05, 0.1) is 0 Å². The summed E-state index contributed by atoms with van der Waals surface area (Å²) < 4.78 is 5.58. The number of carbonyl (C=O) groups excluding carboxylic acids is 1. The van der Waals surface area contributed by atoms with Gasteiger partial charge in [-0.15, -0.1) is 11.3 Å². The molecule has 1 aromatic heterocycles. The minimum atomic E-state index is -1.24. The molecule has 1 heterocycles. The zero-order valence-electron chi connectivity index (χ0n) is 11.5. The number of thiophene rings is 1. The first-order valence-electron chi connectivity index (χ1n) is 6.13. The normalized spacial score (nSPS) is 11.2. The number of carbonyl (C=O) groups is 1. The Morgan fingerprint density at radius 2 is 2.05 bits per heavy atom. The number of rotatable bonds is 4. The largest absolute Gasteiger partial charge is 0.476 e. The van der Waals surface area contributed by atoms with Crippen LogP contribution in [0.4, 0.5) is 0 Å². The zero-order chi connectivity index (χ0) is 14.8. The van der Waals surface area contributed by atoms with E-state index in [1.807, 2.05) is 30.5 Å². The van der Waals surface area contributed by atoms with Crippen molar-refractivity contribution in [3.8, 4) is 16.2 Å². The Labute approximate surface area is 121 Å². The highest BCUT2D eigenvalue weighted by Gasteiger charge is 2.32. The van der Waals surface area contributed by atoms with Crippen LogP contribution in [0, 0.1) is 6.92 Å². The van der Waals surface area contributed by atoms with Gasteiger partial charge in [0, 0.05) is 4.88 Å². The summed E-state index contributed by atoms with van der Waals surface area (Å²) in [5.41, 5.74) is 0.944. The molecule has 0 aliphatic carbocycles. The lowest BCUT2D eigenvalue weighted by atomic mass is 10.1. The predicted molar refractivity (Wildman–Crippen MR) is 77.9 cm³/mol. The summed E-state index contributed by atoms with van der Waals surface area (Å²) in [6.07, 6.45) is 0. The van der Waals surface area contributed by atoms with Crippen LogP contribution in [0.25, 0.3) is 10.4 Å². The molecule has 4 nitrogen and oxygen atoms in total. The Hall–Kier alpha value is -1.85. The number of ether oxygens (including phenoxy) is 1. The molecule has 1 N–H and O–H groups in total. The standard InChI is InChI=1S/C15H16O4S/c1-10-9-11(18-15(2,3)14(16)19-17)6-7-12(10)13-5-4-8-20-13/h4-9,17H,1-3H3. The van der Waals surface area contributed by atoms with Gasteiger partial charge in [0.15, 0.2) is 0 Å². The molecular weight excluding hydrogens is 276 g/mol. The molecule has 0 aliphatic rings. The number of hydrogen-bond donors (Lipinski definition) is 1. The van der Waals surface area contributed by atoms with Crippen molar-refractivity contribution in [2.24, 2.45) is 0 Å². The van der Waals surface area contributed by atoms with E-state index in [4.69, 9.17) is 9.99 Å². The fourth-order valence-electron chi connectivity index (χ4n) is 1.85. The van der Waals surface area contributed by atoms with Crippen LogP contribution in [0.1, 0.15) is 19.4 Å². The van der Waals surface area contributed by atoms with E-state index in [0.29, 0.717) is 5.75 Å². The summed E-state index contributed by atoms with van der Waals surface area (Å²) in [6, 6.07) is 9.68. The molecule has 0 saturated carbocycles. The molecule has 0 aliphatic heterocycles. The maximum Gasteiger partial charge on any atom is 0.384 e. The topological polar surface area (TPSA) is 55.8 Å². The van der Waals surface area contributed by atoms with Gasteiger partial charge in [0.1, 0.15) is 5.75 Å². The van der Waals surface area contributed by atoms with Crippen LogP contribution in [0.5, 0.6) is 5.75 Å². The SMILES string of the molecule is Cc1cc(OC(C)(C)C(=O)OO)ccc1-c1cccs1. The van der Waals surface area contributed by atoms with Crippen LogP contribution in [0.2, 0.25) is 0 Å². The van der Waals surface area contributed by atoms with Crippen molar-refractivity contribution in [2.45, 2.75) is 26.4 Å². The summed E-state index contributed by atoms with van der Waals surface area (Å²) in [5, 5.41) is 10.5. The van der Waals surface area contributed by atoms with E-state index in [1.165, 1.54) is 18.7 Å². The molecule has 0 fully saturated rings. The van der Waals surface area contributed by atoms with E-state index in [2.05, 4.69) is 11.0 Å². The summed E-state index contributed by atoms with van der Waals surface area (Å²) in [5.74, 6) is -0.282. The summed E-state index contributed by atoms with van der Waals surface area (Å²) in [7, 11) is 0. The van der Waals surface area contributed by atoms with Gasteiger partial charge in [-0.1, -0.05) is 6.07 Å². The highest BCUT2D eigenvalue weighted by Crippen LogP contribution is 2.31. The first-order chi connectivity index (χ1) is 9.44. The van der Waals surface area contributed by atoms with Gasteiger partial charge in [0.2, 0.25) is 5.60 Å². The third-order valence-corrected chi connectivity index (χ3v) is 3.84. The number of hydrogen-bond acceptors (Lipinski definition) is 5. The fourth-order valence-corrected chi connectivity index (χ4v) is 2.67. The third kappa shape index (κ3) is 3.00. The lowest BCUT2D eigenvalue weighted by molar-refractivity contribution is -0.247. The van der Waals surface area contributed by atoms with E-state index in [-0.39, 0.29) is 0 Å². The highest BCUT2D eigenvalue weighted by atomic mass is 32.1. The maximum absolute atomic E-state index is 11.4. The Morgan fingerprint density at radius 3 is 2.60 bits per heavy atom.